The summed E-state index contributed by atoms with van der Waals surface area (Å²) >= 11 is 0. The van der Waals surface area contributed by atoms with E-state index >= 15 is 0 Å². The molecule has 1 aliphatic rings. The lowest BCUT2D eigenvalue weighted by atomic mass is 10.0. The summed E-state index contributed by atoms with van der Waals surface area (Å²) in [6, 6.07) is 9.77. The Morgan fingerprint density at radius 2 is 1.70 bits per heavy atom. The summed E-state index contributed by atoms with van der Waals surface area (Å²) in [7, 11) is 0. The molecule has 170 valence electrons. The predicted molar refractivity (Wildman–Crippen MR) is 131 cm³/mol. The summed E-state index contributed by atoms with van der Waals surface area (Å²) in [6.45, 7) is 10.1. The van der Waals surface area contributed by atoms with Crippen molar-refractivity contribution < 1.29 is 4.79 Å². The van der Waals surface area contributed by atoms with Gasteiger partial charge in [0.15, 0.2) is 17.3 Å². The smallest absolute Gasteiger partial charge is 0.257 e. The molecule has 0 unspecified atom stereocenters. The van der Waals surface area contributed by atoms with E-state index in [2.05, 4.69) is 43.0 Å². The fourth-order valence-corrected chi connectivity index (χ4v) is 4.30. The maximum Gasteiger partial charge on any atom is 0.257 e. The number of amides is 1. The zero-order valence-electron chi connectivity index (χ0n) is 19.5. The zero-order chi connectivity index (χ0) is 23.1. The van der Waals surface area contributed by atoms with Gasteiger partial charge in [-0.1, -0.05) is 26.0 Å². The van der Waals surface area contributed by atoms with Crippen LogP contribution in [0.25, 0.3) is 22.1 Å². The number of anilines is 2. The quantitative estimate of drug-likeness (QED) is 0.470. The van der Waals surface area contributed by atoms with Crippen molar-refractivity contribution in [3.05, 3.63) is 47.8 Å². The minimum Gasteiger partial charge on any atom is -0.354 e. The number of hydrogen-bond acceptors (Lipinski definition) is 6. The molecule has 33 heavy (non-hydrogen) atoms. The molecule has 1 amide bonds. The first-order chi connectivity index (χ1) is 15.9. The van der Waals surface area contributed by atoms with Gasteiger partial charge in [-0.25, -0.2) is 19.6 Å². The van der Waals surface area contributed by atoms with Gasteiger partial charge >= 0.3 is 0 Å². The SMILES string of the molecule is CC(C)c1cc(C(=O)Nc2nc3ccccc3nc2N2CCCC2)c2cnn(C(C)C)c2n1. The van der Waals surface area contributed by atoms with Gasteiger partial charge in [-0.2, -0.15) is 5.10 Å². The number of aromatic nitrogens is 5. The van der Waals surface area contributed by atoms with Gasteiger partial charge in [0.25, 0.3) is 5.91 Å². The molecular weight excluding hydrogens is 414 g/mol. The highest BCUT2D eigenvalue weighted by Gasteiger charge is 2.23. The highest BCUT2D eigenvalue weighted by atomic mass is 16.1. The largest absolute Gasteiger partial charge is 0.354 e. The van der Waals surface area contributed by atoms with E-state index in [4.69, 9.17) is 15.0 Å². The van der Waals surface area contributed by atoms with E-state index in [0.29, 0.717) is 11.4 Å². The van der Waals surface area contributed by atoms with E-state index in [1.54, 1.807) is 6.20 Å². The highest BCUT2D eigenvalue weighted by molar-refractivity contribution is 6.12. The number of nitrogens with one attached hydrogen (secondary N) is 1. The summed E-state index contributed by atoms with van der Waals surface area (Å²) in [5.41, 5.74) is 3.72. The van der Waals surface area contributed by atoms with Crippen molar-refractivity contribution in [1.29, 1.82) is 0 Å². The molecule has 1 aliphatic heterocycles. The number of para-hydroxylation sites is 2. The number of carbonyl (C=O) groups excluding carboxylic acids is 1. The standard InChI is InChI=1S/C25H29N7O/c1-15(2)21-13-17(18-14-26-32(16(3)4)23(18)29-21)25(33)30-22-24(31-11-7-8-12-31)28-20-10-6-5-9-19(20)27-22/h5-6,9-10,13-16H,7-8,11-12H2,1-4H3,(H,27,30,33). The Kier molecular flexibility index (Phi) is 5.44. The maximum absolute atomic E-state index is 13.6. The Balaban J connectivity index is 1.60. The fourth-order valence-electron chi connectivity index (χ4n) is 4.30. The van der Waals surface area contributed by atoms with Crippen LogP contribution in [0.15, 0.2) is 36.5 Å². The highest BCUT2D eigenvalue weighted by Crippen LogP contribution is 2.30. The van der Waals surface area contributed by atoms with Gasteiger partial charge < -0.3 is 10.2 Å². The van der Waals surface area contributed by atoms with Crippen molar-refractivity contribution in [2.45, 2.75) is 52.5 Å². The molecular formula is C25H29N7O. The van der Waals surface area contributed by atoms with Crippen molar-refractivity contribution in [2.24, 2.45) is 0 Å². The average Bonchev–Trinajstić information content (AvgIpc) is 3.48. The monoisotopic (exact) mass is 443 g/mol. The summed E-state index contributed by atoms with van der Waals surface area (Å²) in [6.07, 6.45) is 3.95. The third kappa shape index (κ3) is 3.90. The molecule has 3 aromatic heterocycles. The van der Waals surface area contributed by atoms with Gasteiger partial charge in [-0.15, -0.1) is 0 Å². The molecule has 0 bridgehead atoms. The number of hydrogen-bond donors (Lipinski definition) is 1. The Hall–Kier alpha value is -3.55. The van der Waals surface area contributed by atoms with E-state index in [-0.39, 0.29) is 17.9 Å². The number of nitrogens with zero attached hydrogens (tertiary/aromatic N) is 6. The molecule has 8 heteroatoms. The lowest BCUT2D eigenvalue weighted by Crippen LogP contribution is -2.23. The Bertz CT molecular complexity index is 1340. The summed E-state index contributed by atoms with van der Waals surface area (Å²) < 4.78 is 1.86. The van der Waals surface area contributed by atoms with Crippen molar-refractivity contribution in [3.63, 3.8) is 0 Å². The molecule has 1 N–H and O–H groups in total. The van der Waals surface area contributed by atoms with E-state index in [1.165, 1.54) is 0 Å². The van der Waals surface area contributed by atoms with Crippen LogP contribution < -0.4 is 10.2 Å². The lowest BCUT2D eigenvalue weighted by molar-refractivity contribution is 0.102. The normalized spacial score (nSPS) is 14.2. The molecule has 4 aromatic rings. The molecule has 4 heterocycles. The van der Waals surface area contributed by atoms with Crippen LogP contribution in [0.4, 0.5) is 11.6 Å². The average molecular weight is 444 g/mol. The van der Waals surface area contributed by atoms with Crippen molar-refractivity contribution in [1.82, 2.24) is 24.7 Å². The minimum absolute atomic E-state index is 0.140. The van der Waals surface area contributed by atoms with Crippen molar-refractivity contribution in [3.8, 4) is 0 Å². The summed E-state index contributed by atoms with van der Waals surface area (Å²) in [5.74, 6) is 1.18. The van der Waals surface area contributed by atoms with E-state index in [1.807, 2.05) is 35.0 Å². The number of carbonyl (C=O) groups is 1. The van der Waals surface area contributed by atoms with Crippen LogP contribution in [0.2, 0.25) is 0 Å². The first kappa shape index (κ1) is 21.3. The lowest BCUT2D eigenvalue weighted by Gasteiger charge is -2.20. The molecule has 1 fully saturated rings. The van der Waals surface area contributed by atoms with Gasteiger partial charge in [-0.3, -0.25) is 4.79 Å². The second kappa shape index (κ2) is 8.42. The van der Waals surface area contributed by atoms with Crippen LogP contribution in [0.3, 0.4) is 0 Å². The van der Waals surface area contributed by atoms with Gasteiger partial charge in [0, 0.05) is 24.8 Å². The number of rotatable bonds is 5. The van der Waals surface area contributed by atoms with Crippen LogP contribution in [0, 0.1) is 0 Å². The van der Waals surface area contributed by atoms with Crippen LogP contribution in [-0.4, -0.2) is 43.7 Å². The van der Waals surface area contributed by atoms with Crippen LogP contribution in [-0.2, 0) is 0 Å². The van der Waals surface area contributed by atoms with Crippen LogP contribution >= 0.6 is 0 Å². The molecule has 0 saturated carbocycles. The zero-order valence-corrected chi connectivity index (χ0v) is 19.5. The van der Waals surface area contributed by atoms with E-state index < -0.39 is 0 Å². The first-order valence-electron chi connectivity index (χ1n) is 11.6. The summed E-state index contributed by atoms with van der Waals surface area (Å²) in [4.78, 5) is 30.3. The molecule has 0 spiro atoms. The maximum atomic E-state index is 13.6. The Morgan fingerprint density at radius 3 is 2.36 bits per heavy atom. The first-order valence-corrected chi connectivity index (χ1v) is 11.6. The molecule has 1 saturated heterocycles. The predicted octanol–water partition coefficient (Wildman–Crippen LogP) is 4.93. The van der Waals surface area contributed by atoms with Gasteiger partial charge in [0.2, 0.25) is 0 Å². The minimum atomic E-state index is -0.224. The number of benzene rings is 1. The molecule has 1 aromatic carbocycles. The van der Waals surface area contributed by atoms with Gasteiger partial charge in [0.1, 0.15) is 0 Å². The Labute approximate surface area is 193 Å². The topological polar surface area (TPSA) is 88.8 Å². The van der Waals surface area contributed by atoms with Crippen LogP contribution in [0.1, 0.15) is 68.5 Å². The molecule has 8 nitrogen and oxygen atoms in total. The van der Waals surface area contributed by atoms with Crippen LogP contribution in [0.5, 0.6) is 0 Å². The number of pyridine rings is 1. The van der Waals surface area contributed by atoms with E-state index in [0.717, 1.165) is 59.5 Å². The van der Waals surface area contributed by atoms with Gasteiger partial charge in [0.05, 0.1) is 28.2 Å². The Morgan fingerprint density at radius 1 is 1.00 bits per heavy atom. The summed E-state index contributed by atoms with van der Waals surface area (Å²) in [5, 5.41) is 8.32. The molecule has 0 radical (unpaired) electrons. The fraction of sp³-hybridized carbons (Fsp3) is 0.400. The molecule has 0 aliphatic carbocycles. The molecule has 5 rings (SSSR count). The van der Waals surface area contributed by atoms with Gasteiger partial charge in [-0.05, 0) is 50.8 Å². The van der Waals surface area contributed by atoms with Crippen molar-refractivity contribution in [2.75, 3.05) is 23.3 Å². The third-order valence-electron chi connectivity index (χ3n) is 6.10. The molecule has 0 atom stereocenters. The second-order valence-corrected chi connectivity index (χ2v) is 9.20. The second-order valence-electron chi connectivity index (χ2n) is 9.20. The third-order valence-corrected chi connectivity index (χ3v) is 6.10. The number of fused-ring (bicyclic) bond motifs is 2. The van der Waals surface area contributed by atoms with E-state index in [9.17, 15) is 4.79 Å². The van der Waals surface area contributed by atoms with Crippen molar-refractivity contribution >= 4 is 39.6 Å².